The molecular formula is C14H24F2O2. The van der Waals surface area contributed by atoms with E-state index in [1.807, 2.05) is 6.92 Å². The minimum Gasteiger partial charge on any atom is -0.370 e. The molecule has 1 unspecified atom stereocenters. The van der Waals surface area contributed by atoms with Gasteiger partial charge < -0.3 is 4.74 Å². The van der Waals surface area contributed by atoms with Crippen LogP contribution in [0.5, 0.6) is 0 Å². The second-order valence-corrected chi connectivity index (χ2v) is 4.85. The smallest absolute Gasteiger partial charge is 0.266 e. The zero-order valence-electron chi connectivity index (χ0n) is 11.5. The summed E-state index contributed by atoms with van der Waals surface area (Å²) < 4.78 is 31.5. The van der Waals surface area contributed by atoms with Crippen molar-refractivity contribution in [2.45, 2.75) is 58.5 Å². The molecule has 18 heavy (non-hydrogen) atoms. The van der Waals surface area contributed by atoms with Crippen molar-refractivity contribution in [2.75, 3.05) is 6.61 Å². The fourth-order valence-corrected chi connectivity index (χ4v) is 1.46. The number of Topliss-reactive ketones (excluding diaryl/α,β-unsaturated/α-hetero) is 1. The molecule has 0 radical (unpaired) electrons. The Morgan fingerprint density at radius 3 is 2.44 bits per heavy atom. The highest BCUT2D eigenvalue weighted by atomic mass is 19.3. The van der Waals surface area contributed by atoms with Crippen LogP contribution < -0.4 is 0 Å². The van der Waals surface area contributed by atoms with Crippen molar-refractivity contribution in [2.24, 2.45) is 5.92 Å². The number of rotatable bonds is 10. The lowest BCUT2D eigenvalue weighted by molar-refractivity contribution is -0.129. The van der Waals surface area contributed by atoms with Gasteiger partial charge in [-0.15, -0.1) is 0 Å². The third-order valence-electron chi connectivity index (χ3n) is 2.81. The van der Waals surface area contributed by atoms with Crippen molar-refractivity contribution in [1.82, 2.24) is 0 Å². The van der Waals surface area contributed by atoms with Gasteiger partial charge in [0.25, 0.3) is 5.92 Å². The zero-order valence-corrected chi connectivity index (χ0v) is 11.5. The number of carbonyl (C=O) groups excluding carboxylic acids is 1. The van der Waals surface area contributed by atoms with Gasteiger partial charge in [0.15, 0.2) is 5.78 Å². The predicted octanol–water partition coefficient (Wildman–Crippen LogP) is 4.00. The van der Waals surface area contributed by atoms with Crippen LogP contribution in [0.15, 0.2) is 12.7 Å². The van der Waals surface area contributed by atoms with Crippen LogP contribution in [0.4, 0.5) is 8.78 Å². The van der Waals surface area contributed by atoms with E-state index >= 15 is 0 Å². The van der Waals surface area contributed by atoms with Crippen LogP contribution >= 0.6 is 0 Å². The molecule has 1 atom stereocenters. The van der Waals surface area contributed by atoms with Gasteiger partial charge in [-0.05, 0) is 18.9 Å². The number of ketones is 1. The zero-order chi connectivity index (χ0) is 14.2. The number of carbonyl (C=O) groups is 1. The molecule has 0 aromatic heterocycles. The van der Waals surface area contributed by atoms with E-state index in [-0.39, 0.29) is 37.3 Å². The molecule has 0 saturated carbocycles. The maximum Gasteiger partial charge on any atom is 0.266 e. The van der Waals surface area contributed by atoms with Crippen molar-refractivity contribution in [3.63, 3.8) is 0 Å². The summed E-state index contributed by atoms with van der Waals surface area (Å²) in [6, 6.07) is 0. The van der Waals surface area contributed by atoms with Gasteiger partial charge >= 0.3 is 0 Å². The summed E-state index contributed by atoms with van der Waals surface area (Å²) in [5.74, 6) is -2.93. The molecule has 0 amide bonds. The highest BCUT2D eigenvalue weighted by molar-refractivity contribution is 5.81. The Kier molecular flexibility index (Phi) is 8.00. The first-order valence-corrected chi connectivity index (χ1v) is 6.48. The second-order valence-electron chi connectivity index (χ2n) is 4.85. The van der Waals surface area contributed by atoms with E-state index in [0.29, 0.717) is 12.5 Å². The maximum atomic E-state index is 13.0. The monoisotopic (exact) mass is 262 g/mol. The summed E-state index contributed by atoms with van der Waals surface area (Å²) in [4.78, 5) is 11.4. The molecule has 4 heteroatoms. The molecule has 0 N–H and O–H groups in total. The van der Waals surface area contributed by atoms with Crippen LogP contribution in [-0.2, 0) is 9.53 Å². The summed E-state index contributed by atoms with van der Waals surface area (Å²) in [6.07, 6.45) is 1.90. The Balaban J connectivity index is 4.14. The van der Waals surface area contributed by atoms with Crippen molar-refractivity contribution in [3.8, 4) is 0 Å². The minimum atomic E-state index is -2.85. The molecular weight excluding hydrogens is 238 g/mol. The molecule has 0 heterocycles. The van der Waals surface area contributed by atoms with Crippen molar-refractivity contribution in [3.05, 3.63) is 12.7 Å². The maximum absolute atomic E-state index is 13.0. The first-order valence-electron chi connectivity index (χ1n) is 6.48. The van der Waals surface area contributed by atoms with Crippen LogP contribution in [0.1, 0.15) is 46.5 Å². The van der Waals surface area contributed by atoms with Gasteiger partial charge in [0.1, 0.15) is 6.61 Å². The summed E-state index contributed by atoms with van der Waals surface area (Å²) in [5.41, 5.74) is 0. The molecule has 0 aromatic carbocycles. The van der Waals surface area contributed by atoms with E-state index in [2.05, 4.69) is 6.58 Å². The molecule has 2 nitrogen and oxygen atoms in total. The Morgan fingerprint density at radius 2 is 2.00 bits per heavy atom. The second kappa shape index (κ2) is 8.35. The lowest BCUT2D eigenvalue weighted by Crippen LogP contribution is -2.23. The van der Waals surface area contributed by atoms with Crippen LogP contribution in [0.3, 0.4) is 0 Å². The van der Waals surface area contributed by atoms with Gasteiger partial charge in [-0.1, -0.05) is 33.8 Å². The SMILES string of the molecule is C=CC(F)(F)CCC(CCC)OCC(=O)C(C)C. The molecule has 0 spiro atoms. The third-order valence-corrected chi connectivity index (χ3v) is 2.81. The first kappa shape index (κ1) is 17.2. The molecule has 0 aliphatic carbocycles. The van der Waals surface area contributed by atoms with Crippen LogP contribution in [0, 0.1) is 5.92 Å². The van der Waals surface area contributed by atoms with Gasteiger partial charge in [0, 0.05) is 12.3 Å². The largest absolute Gasteiger partial charge is 0.370 e. The van der Waals surface area contributed by atoms with Crippen molar-refractivity contribution >= 4 is 5.78 Å². The molecule has 0 bridgehead atoms. The Labute approximate surface area is 108 Å². The molecule has 0 saturated heterocycles. The Bertz CT molecular complexity index is 263. The quantitative estimate of drug-likeness (QED) is 0.556. The number of hydrogen-bond acceptors (Lipinski definition) is 2. The van der Waals surface area contributed by atoms with E-state index in [9.17, 15) is 13.6 Å². The summed E-state index contributed by atoms with van der Waals surface area (Å²) >= 11 is 0. The number of halogens is 2. The lowest BCUT2D eigenvalue weighted by Gasteiger charge is -2.19. The van der Waals surface area contributed by atoms with Crippen molar-refractivity contribution in [1.29, 1.82) is 0 Å². The van der Waals surface area contributed by atoms with Gasteiger partial charge in [0.05, 0.1) is 6.10 Å². The average Bonchev–Trinajstić information content (AvgIpc) is 2.32. The van der Waals surface area contributed by atoms with E-state index in [0.717, 1.165) is 6.42 Å². The van der Waals surface area contributed by atoms with Gasteiger partial charge in [-0.3, -0.25) is 4.79 Å². The molecule has 0 fully saturated rings. The standard InChI is InChI=1S/C14H24F2O2/c1-5-7-12(8-9-14(15,16)6-2)18-10-13(17)11(3)4/h6,11-12H,2,5,7-10H2,1,3-4H3. The third kappa shape index (κ3) is 7.54. The normalized spacial score (nSPS) is 13.7. The Morgan fingerprint density at radius 1 is 1.39 bits per heavy atom. The molecule has 0 aliphatic heterocycles. The summed E-state index contributed by atoms with van der Waals surface area (Å²) in [5, 5.41) is 0. The first-order chi connectivity index (χ1) is 8.32. The van der Waals surface area contributed by atoms with Gasteiger partial charge in [-0.2, -0.15) is 0 Å². The number of alkyl halides is 2. The highest BCUT2D eigenvalue weighted by Crippen LogP contribution is 2.24. The van der Waals surface area contributed by atoms with E-state index < -0.39 is 5.92 Å². The van der Waals surface area contributed by atoms with E-state index in [4.69, 9.17) is 4.74 Å². The lowest BCUT2D eigenvalue weighted by atomic mass is 10.1. The fraction of sp³-hybridized carbons (Fsp3) is 0.786. The van der Waals surface area contributed by atoms with E-state index in [1.165, 1.54) is 0 Å². The van der Waals surface area contributed by atoms with E-state index in [1.54, 1.807) is 13.8 Å². The predicted molar refractivity (Wildman–Crippen MR) is 68.9 cm³/mol. The molecule has 0 aliphatic rings. The molecule has 106 valence electrons. The van der Waals surface area contributed by atoms with Crippen LogP contribution in [-0.4, -0.2) is 24.4 Å². The molecule has 0 rings (SSSR count). The van der Waals surface area contributed by atoms with Gasteiger partial charge in [-0.25, -0.2) is 8.78 Å². The highest BCUT2D eigenvalue weighted by Gasteiger charge is 2.25. The molecule has 0 aromatic rings. The van der Waals surface area contributed by atoms with Crippen LogP contribution in [0.25, 0.3) is 0 Å². The fourth-order valence-electron chi connectivity index (χ4n) is 1.46. The minimum absolute atomic E-state index is 0.00610. The summed E-state index contributed by atoms with van der Waals surface area (Å²) in [6.45, 7) is 8.69. The topological polar surface area (TPSA) is 26.3 Å². The van der Waals surface area contributed by atoms with Gasteiger partial charge in [0.2, 0.25) is 0 Å². The number of ether oxygens (including phenoxy) is 1. The number of allylic oxidation sites excluding steroid dienone is 1. The Hall–Kier alpha value is -0.770. The number of hydrogen-bond donors (Lipinski definition) is 0. The average molecular weight is 262 g/mol. The van der Waals surface area contributed by atoms with Crippen LogP contribution in [0.2, 0.25) is 0 Å². The van der Waals surface area contributed by atoms with Crippen molar-refractivity contribution < 1.29 is 18.3 Å². The summed E-state index contributed by atoms with van der Waals surface area (Å²) in [7, 11) is 0.